The lowest BCUT2D eigenvalue weighted by Crippen LogP contribution is -2.37. The van der Waals surface area contributed by atoms with Crippen molar-refractivity contribution in [3.63, 3.8) is 0 Å². The molecule has 3 amide bonds. The van der Waals surface area contributed by atoms with Crippen LogP contribution in [0.2, 0.25) is 0 Å². The first-order valence-corrected chi connectivity index (χ1v) is 12.7. The van der Waals surface area contributed by atoms with Crippen LogP contribution >= 0.6 is 0 Å². The Morgan fingerprint density at radius 2 is 1.82 bits per heavy atom. The van der Waals surface area contributed by atoms with E-state index in [0.29, 0.717) is 24.7 Å². The van der Waals surface area contributed by atoms with Crippen molar-refractivity contribution < 1.29 is 19.1 Å². The van der Waals surface area contributed by atoms with E-state index in [2.05, 4.69) is 21.7 Å². The van der Waals surface area contributed by atoms with Crippen molar-refractivity contribution in [1.82, 2.24) is 15.6 Å². The molecule has 5 N–H and O–H groups in total. The first-order chi connectivity index (χ1) is 18.4. The van der Waals surface area contributed by atoms with Crippen molar-refractivity contribution in [3.05, 3.63) is 95.2 Å². The number of ether oxygens (including phenoxy) is 2. The summed E-state index contributed by atoms with van der Waals surface area (Å²) < 4.78 is 11.3. The Balaban J connectivity index is 1.60. The summed E-state index contributed by atoms with van der Waals surface area (Å²) in [6.45, 7) is 4.75. The van der Waals surface area contributed by atoms with Crippen molar-refractivity contribution >= 4 is 22.8 Å². The maximum Gasteiger partial charge on any atom is 0.312 e. The normalized spacial score (nSPS) is 12.5. The molecule has 38 heavy (non-hydrogen) atoms. The van der Waals surface area contributed by atoms with E-state index in [1.54, 1.807) is 7.11 Å². The Kier molecular flexibility index (Phi) is 8.53. The Labute approximate surface area is 222 Å². The summed E-state index contributed by atoms with van der Waals surface area (Å²) in [5.74, 6) is 0.930. The second kappa shape index (κ2) is 12.2. The number of hydrogen-bond acceptors (Lipinski definition) is 4. The first kappa shape index (κ1) is 26.6. The topological polar surface area (TPSA) is 118 Å². The van der Waals surface area contributed by atoms with Crippen LogP contribution in [0.25, 0.3) is 10.9 Å². The fourth-order valence-electron chi connectivity index (χ4n) is 4.75. The van der Waals surface area contributed by atoms with Crippen LogP contribution < -0.4 is 25.8 Å². The zero-order valence-corrected chi connectivity index (χ0v) is 21.9. The molecule has 0 radical (unpaired) electrons. The molecule has 0 fully saturated rings. The Morgan fingerprint density at radius 3 is 2.55 bits per heavy atom. The molecule has 0 spiro atoms. The number of para-hydroxylation sites is 1. The van der Waals surface area contributed by atoms with E-state index in [4.69, 9.17) is 15.2 Å². The van der Waals surface area contributed by atoms with E-state index >= 15 is 0 Å². The molecular weight excluding hydrogens is 480 g/mol. The molecule has 0 aliphatic heterocycles. The van der Waals surface area contributed by atoms with Gasteiger partial charge in [-0.1, -0.05) is 54.1 Å². The highest BCUT2D eigenvalue weighted by Gasteiger charge is 2.23. The maximum absolute atomic E-state index is 13.2. The van der Waals surface area contributed by atoms with E-state index in [9.17, 15) is 9.59 Å². The van der Waals surface area contributed by atoms with Gasteiger partial charge < -0.3 is 30.8 Å². The van der Waals surface area contributed by atoms with Gasteiger partial charge in [0.1, 0.15) is 0 Å². The number of hydrogen-bond donors (Lipinski definition) is 4. The second-order valence-electron chi connectivity index (χ2n) is 9.17. The van der Waals surface area contributed by atoms with Gasteiger partial charge in [-0.25, -0.2) is 4.79 Å². The molecule has 3 aromatic carbocycles. The highest BCUT2D eigenvalue weighted by Crippen LogP contribution is 2.36. The summed E-state index contributed by atoms with van der Waals surface area (Å²) in [4.78, 5) is 28.2. The second-order valence-corrected chi connectivity index (χ2v) is 9.17. The van der Waals surface area contributed by atoms with Gasteiger partial charge in [0.25, 0.3) is 0 Å². The highest BCUT2D eigenvalue weighted by molar-refractivity contribution is 5.84. The largest absolute Gasteiger partial charge is 0.493 e. The molecule has 0 unspecified atom stereocenters. The smallest absolute Gasteiger partial charge is 0.312 e. The Bertz CT molecular complexity index is 1410. The minimum atomic E-state index is -0.678. The number of aromatic nitrogens is 1. The predicted molar refractivity (Wildman–Crippen MR) is 149 cm³/mol. The summed E-state index contributed by atoms with van der Waals surface area (Å²) in [6.07, 6.45) is 2.04. The molecule has 2 atom stereocenters. The third-order valence-corrected chi connectivity index (χ3v) is 6.54. The van der Waals surface area contributed by atoms with Gasteiger partial charge in [0, 0.05) is 29.6 Å². The molecule has 198 valence electrons. The van der Waals surface area contributed by atoms with Crippen LogP contribution in [0.1, 0.15) is 47.6 Å². The van der Waals surface area contributed by atoms with E-state index in [0.717, 1.165) is 33.2 Å². The monoisotopic (exact) mass is 514 g/mol. The lowest BCUT2D eigenvalue weighted by Gasteiger charge is -2.22. The summed E-state index contributed by atoms with van der Waals surface area (Å²) in [5.41, 5.74) is 10.3. The summed E-state index contributed by atoms with van der Waals surface area (Å²) in [6, 6.07) is 20.4. The molecule has 0 aliphatic rings. The van der Waals surface area contributed by atoms with Crippen LogP contribution in [0.5, 0.6) is 11.5 Å². The standard InChI is InChI=1S/C30H34N4O4/c1-4-38-27-13-12-20(15-28(27)37-3)23(24-18-32-25-11-6-5-10-22(24)25)17-33-29(35)16-26(34-30(31)36)21-9-7-8-19(2)14-21/h5-15,18,23,26,32H,4,16-17H2,1-3H3,(H,33,35)(H3,31,34,36)/t23-,26+/m1/s1. The lowest BCUT2D eigenvalue weighted by atomic mass is 9.90. The Hall–Kier alpha value is -4.46. The van der Waals surface area contributed by atoms with Crippen LogP contribution in [0.3, 0.4) is 0 Å². The predicted octanol–water partition coefficient (Wildman–Crippen LogP) is 4.93. The van der Waals surface area contributed by atoms with Crippen LogP contribution in [0.4, 0.5) is 4.79 Å². The van der Waals surface area contributed by atoms with Gasteiger partial charge in [-0.15, -0.1) is 0 Å². The minimum absolute atomic E-state index is 0.0552. The molecule has 8 nitrogen and oxygen atoms in total. The number of amides is 3. The molecule has 0 saturated heterocycles. The number of methoxy groups -OCH3 is 1. The van der Waals surface area contributed by atoms with E-state index in [-0.39, 0.29) is 18.2 Å². The van der Waals surface area contributed by atoms with Crippen molar-refractivity contribution in [3.8, 4) is 11.5 Å². The SMILES string of the molecule is CCOc1ccc([C@@H](CNC(=O)C[C@H](NC(N)=O)c2cccc(C)c2)c2c[nH]c3ccccc23)cc1OC. The fourth-order valence-corrected chi connectivity index (χ4v) is 4.75. The lowest BCUT2D eigenvalue weighted by molar-refractivity contribution is -0.121. The summed E-state index contributed by atoms with van der Waals surface area (Å²) in [5, 5.41) is 6.86. The van der Waals surface area contributed by atoms with E-state index in [1.165, 1.54) is 0 Å². The number of nitrogens with one attached hydrogen (secondary N) is 3. The van der Waals surface area contributed by atoms with Crippen LogP contribution in [0, 0.1) is 6.92 Å². The van der Waals surface area contributed by atoms with Crippen molar-refractivity contribution in [1.29, 1.82) is 0 Å². The van der Waals surface area contributed by atoms with Gasteiger partial charge in [0.15, 0.2) is 11.5 Å². The number of urea groups is 1. The average Bonchev–Trinajstić information content (AvgIpc) is 3.33. The number of benzene rings is 3. The van der Waals surface area contributed by atoms with Crippen LogP contribution in [-0.2, 0) is 4.79 Å². The van der Waals surface area contributed by atoms with Crippen molar-refractivity contribution in [2.75, 3.05) is 20.3 Å². The molecule has 1 heterocycles. The number of carbonyl (C=O) groups excluding carboxylic acids is 2. The minimum Gasteiger partial charge on any atom is -0.493 e. The van der Waals surface area contributed by atoms with E-state index < -0.39 is 12.1 Å². The van der Waals surface area contributed by atoms with Gasteiger partial charge in [0.2, 0.25) is 5.91 Å². The van der Waals surface area contributed by atoms with E-state index in [1.807, 2.05) is 80.7 Å². The number of rotatable bonds is 11. The molecule has 4 rings (SSSR count). The molecule has 4 aromatic rings. The number of fused-ring (bicyclic) bond motifs is 1. The number of nitrogens with two attached hydrogens (primary N) is 1. The third kappa shape index (κ3) is 6.26. The zero-order chi connectivity index (χ0) is 27.1. The molecule has 0 saturated carbocycles. The molecule has 0 aliphatic carbocycles. The van der Waals surface area contributed by atoms with Crippen LogP contribution in [-0.4, -0.2) is 37.2 Å². The number of H-pyrrole nitrogens is 1. The molecule has 0 bridgehead atoms. The van der Waals surface area contributed by atoms with Gasteiger partial charge in [-0.3, -0.25) is 4.79 Å². The van der Waals surface area contributed by atoms with Crippen molar-refractivity contribution in [2.45, 2.75) is 32.2 Å². The number of primary amides is 1. The average molecular weight is 515 g/mol. The van der Waals surface area contributed by atoms with Gasteiger partial charge in [-0.2, -0.15) is 0 Å². The molecule has 1 aromatic heterocycles. The third-order valence-electron chi connectivity index (χ3n) is 6.54. The number of aryl methyl sites for hydroxylation is 1. The number of aromatic amines is 1. The zero-order valence-electron chi connectivity index (χ0n) is 21.9. The summed E-state index contributed by atoms with van der Waals surface area (Å²) >= 11 is 0. The highest BCUT2D eigenvalue weighted by atomic mass is 16.5. The van der Waals surface area contributed by atoms with Gasteiger partial charge in [-0.05, 0) is 48.7 Å². The molecular formula is C30H34N4O4. The fraction of sp³-hybridized carbons (Fsp3) is 0.267. The first-order valence-electron chi connectivity index (χ1n) is 12.7. The summed E-state index contributed by atoms with van der Waals surface area (Å²) in [7, 11) is 1.61. The molecule has 8 heteroatoms. The maximum atomic E-state index is 13.2. The van der Waals surface area contributed by atoms with Gasteiger partial charge in [0.05, 0.1) is 26.2 Å². The van der Waals surface area contributed by atoms with Crippen molar-refractivity contribution in [2.24, 2.45) is 5.73 Å². The number of carbonyl (C=O) groups is 2. The van der Waals surface area contributed by atoms with Crippen LogP contribution in [0.15, 0.2) is 72.9 Å². The van der Waals surface area contributed by atoms with Gasteiger partial charge >= 0.3 is 6.03 Å². The Morgan fingerprint density at radius 1 is 1.00 bits per heavy atom. The quantitative estimate of drug-likeness (QED) is 0.227.